The number of hydrogen-bond donors (Lipinski definition) is 1. The molecule has 0 unspecified atom stereocenters. The molecule has 3 rings (SSSR count). The molecule has 1 fully saturated rings. The summed E-state index contributed by atoms with van der Waals surface area (Å²) < 4.78 is 16.7. The van der Waals surface area contributed by atoms with Crippen LogP contribution >= 0.6 is 0 Å². The van der Waals surface area contributed by atoms with Crippen LogP contribution in [0.1, 0.15) is 44.9 Å². The largest absolute Gasteiger partial charge is 0.507 e. The van der Waals surface area contributed by atoms with Gasteiger partial charge in [0.05, 0.1) is 31.9 Å². The Morgan fingerprint density at radius 2 is 1.61 bits per heavy atom. The van der Waals surface area contributed by atoms with Gasteiger partial charge in [-0.05, 0) is 68.9 Å². The molecule has 8 heteroatoms. The number of ether oxygens (including phenoxy) is 3. The Balaban J connectivity index is 2.12. The summed E-state index contributed by atoms with van der Waals surface area (Å²) in [5.41, 5.74) is 1.14. The van der Waals surface area contributed by atoms with Crippen molar-refractivity contribution < 1.29 is 28.9 Å². The highest BCUT2D eigenvalue weighted by molar-refractivity contribution is 6.46. The van der Waals surface area contributed by atoms with Crippen LogP contribution in [-0.2, 0) is 9.59 Å². The van der Waals surface area contributed by atoms with E-state index in [9.17, 15) is 14.7 Å². The van der Waals surface area contributed by atoms with Gasteiger partial charge in [-0.3, -0.25) is 9.59 Å². The molecule has 36 heavy (non-hydrogen) atoms. The van der Waals surface area contributed by atoms with Crippen molar-refractivity contribution in [1.29, 1.82) is 0 Å². The van der Waals surface area contributed by atoms with Crippen LogP contribution in [0.15, 0.2) is 48.0 Å². The average molecular weight is 497 g/mol. The van der Waals surface area contributed by atoms with Crippen LogP contribution in [0.2, 0.25) is 0 Å². The van der Waals surface area contributed by atoms with E-state index in [4.69, 9.17) is 14.2 Å². The van der Waals surface area contributed by atoms with Crippen molar-refractivity contribution in [2.24, 2.45) is 0 Å². The zero-order valence-electron chi connectivity index (χ0n) is 21.7. The van der Waals surface area contributed by atoms with E-state index >= 15 is 0 Å². The van der Waals surface area contributed by atoms with E-state index < -0.39 is 17.7 Å². The molecule has 2 aromatic rings. The summed E-state index contributed by atoms with van der Waals surface area (Å²) in [5, 5.41) is 11.3. The van der Waals surface area contributed by atoms with Gasteiger partial charge in [-0.15, -0.1) is 0 Å². The molecular weight excluding hydrogens is 460 g/mol. The van der Waals surface area contributed by atoms with Gasteiger partial charge >= 0.3 is 0 Å². The minimum Gasteiger partial charge on any atom is -0.507 e. The standard InChI is InChI=1S/C28H36N2O6/c1-6-29(7-2)16-17-30-25(20-12-15-22(36-9-4)23(18-20)34-5)24(27(32)28(30)33)26(31)19-10-13-21(14-11-19)35-8-3/h10-15,18,25,31H,6-9,16-17H2,1-5H3/t25-/m0/s1. The molecular formula is C28H36N2O6. The molecule has 0 spiro atoms. The summed E-state index contributed by atoms with van der Waals surface area (Å²) in [6.07, 6.45) is 0. The van der Waals surface area contributed by atoms with Gasteiger partial charge in [0.2, 0.25) is 0 Å². The molecule has 0 aliphatic carbocycles. The number of aliphatic hydroxyl groups excluding tert-OH is 1. The number of nitrogens with zero attached hydrogens (tertiary/aromatic N) is 2. The monoisotopic (exact) mass is 496 g/mol. The number of rotatable bonds is 12. The Hall–Kier alpha value is -3.52. The summed E-state index contributed by atoms with van der Waals surface area (Å²) in [4.78, 5) is 30.2. The fourth-order valence-electron chi connectivity index (χ4n) is 4.41. The van der Waals surface area contributed by atoms with Gasteiger partial charge in [0.15, 0.2) is 11.5 Å². The van der Waals surface area contributed by atoms with Crippen molar-refractivity contribution in [3.8, 4) is 17.2 Å². The summed E-state index contributed by atoms with van der Waals surface area (Å²) in [7, 11) is 1.54. The molecule has 1 aliphatic rings. The zero-order valence-corrected chi connectivity index (χ0v) is 21.7. The van der Waals surface area contributed by atoms with Crippen LogP contribution in [0, 0.1) is 0 Å². The first-order chi connectivity index (χ1) is 17.4. The Bertz CT molecular complexity index is 1090. The second-order valence-electron chi connectivity index (χ2n) is 8.32. The van der Waals surface area contributed by atoms with Gasteiger partial charge in [-0.25, -0.2) is 0 Å². The van der Waals surface area contributed by atoms with Crippen LogP contribution in [0.4, 0.5) is 0 Å². The number of benzene rings is 2. The highest BCUT2D eigenvalue weighted by Gasteiger charge is 2.46. The van der Waals surface area contributed by atoms with Crippen molar-refractivity contribution >= 4 is 17.4 Å². The maximum absolute atomic E-state index is 13.3. The van der Waals surface area contributed by atoms with Gasteiger partial charge in [0.1, 0.15) is 11.5 Å². The van der Waals surface area contributed by atoms with E-state index in [1.54, 1.807) is 49.6 Å². The summed E-state index contributed by atoms with van der Waals surface area (Å²) in [6, 6.07) is 11.4. The van der Waals surface area contributed by atoms with Crippen LogP contribution in [0.25, 0.3) is 5.76 Å². The third kappa shape index (κ3) is 5.65. The zero-order chi connectivity index (χ0) is 26.2. The van der Waals surface area contributed by atoms with E-state index in [1.165, 1.54) is 4.90 Å². The van der Waals surface area contributed by atoms with Gasteiger partial charge in [-0.2, -0.15) is 0 Å². The number of amides is 1. The van der Waals surface area contributed by atoms with E-state index in [0.717, 1.165) is 13.1 Å². The number of aliphatic hydroxyl groups is 1. The van der Waals surface area contributed by atoms with Gasteiger partial charge in [-0.1, -0.05) is 19.9 Å². The molecule has 1 atom stereocenters. The first kappa shape index (κ1) is 27.1. The fourth-order valence-corrected chi connectivity index (χ4v) is 4.41. The third-order valence-electron chi connectivity index (χ3n) is 6.33. The van der Waals surface area contributed by atoms with Crippen molar-refractivity contribution in [3.05, 3.63) is 59.2 Å². The molecule has 0 bridgehead atoms. The first-order valence-corrected chi connectivity index (χ1v) is 12.4. The van der Waals surface area contributed by atoms with Gasteiger partial charge in [0.25, 0.3) is 11.7 Å². The minimum absolute atomic E-state index is 0.0509. The number of methoxy groups -OCH3 is 1. The molecule has 2 aromatic carbocycles. The number of hydrogen-bond acceptors (Lipinski definition) is 7. The van der Waals surface area contributed by atoms with Crippen LogP contribution in [0.5, 0.6) is 17.2 Å². The molecule has 1 amide bonds. The molecule has 1 aliphatic heterocycles. The van der Waals surface area contributed by atoms with E-state index in [1.807, 2.05) is 13.8 Å². The van der Waals surface area contributed by atoms with E-state index in [-0.39, 0.29) is 11.3 Å². The first-order valence-electron chi connectivity index (χ1n) is 12.4. The van der Waals surface area contributed by atoms with Crippen LogP contribution in [0.3, 0.4) is 0 Å². The van der Waals surface area contributed by atoms with E-state index in [0.29, 0.717) is 54.7 Å². The predicted octanol–water partition coefficient (Wildman–Crippen LogP) is 4.26. The number of likely N-dealkylation sites (N-methyl/N-ethyl adjacent to an activating group) is 1. The fraction of sp³-hybridized carbons (Fsp3) is 0.429. The topological polar surface area (TPSA) is 88.5 Å². The number of carbonyl (C=O) groups excluding carboxylic acids is 2. The lowest BCUT2D eigenvalue weighted by molar-refractivity contribution is -0.140. The summed E-state index contributed by atoms with van der Waals surface area (Å²) in [5.74, 6) is 0.146. The smallest absolute Gasteiger partial charge is 0.295 e. The van der Waals surface area contributed by atoms with E-state index in [2.05, 4.69) is 18.7 Å². The van der Waals surface area contributed by atoms with Gasteiger partial charge < -0.3 is 29.1 Å². The molecule has 0 radical (unpaired) electrons. The summed E-state index contributed by atoms with van der Waals surface area (Å²) in [6.45, 7) is 11.5. The Labute approximate surface area is 213 Å². The van der Waals surface area contributed by atoms with Crippen molar-refractivity contribution in [1.82, 2.24) is 9.80 Å². The normalized spacial score (nSPS) is 17.1. The molecule has 0 saturated carbocycles. The minimum atomic E-state index is -0.767. The predicted molar refractivity (Wildman–Crippen MR) is 139 cm³/mol. The SMILES string of the molecule is CCOc1ccc(C(O)=C2C(=O)C(=O)N(CCN(CC)CC)[C@H]2c2ccc(OCC)c(OC)c2)cc1. The number of likely N-dealkylation sites (tertiary alicyclic amines) is 1. The number of Topliss-reactive ketones (excluding diaryl/α,β-unsaturated/α-hetero) is 1. The number of ketones is 1. The third-order valence-corrected chi connectivity index (χ3v) is 6.33. The lowest BCUT2D eigenvalue weighted by Gasteiger charge is -2.28. The molecule has 194 valence electrons. The highest BCUT2D eigenvalue weighted by Crippen LogP contribution is 2.42. The van der Waals surface area contributed by atoms with Gasteiger partial charge in [0, 0.05) is 18.7 Å². The van der Waals surface area contributed by atoms with Crippen molar-refractivity contribution in [2.45, 2.75) is 33.7 Å². The Morgan fingerprint density at radius 3 is 2.19 bits per heavy atom. The second kappa shape index (κ2) is 12.4. The highest BCUT2D eigenvalue weighted by atomic mass is 16.5. The second-order valence-corrected chi connectivity index (χ2v) is 8.32. The molecule has 0 aromatic heterocycles. The molecule has 1 saturated heterocycles. The van der Waals surface area contributed by atoms with Crippen molar-refractivity contribution in [2.75, 3.05) is 46.5 Å². The molecule has 1 heterocycles. The summed E-state index contributed by atoms with van der Waals surface area (Å²) >= 11 is 0. The van der Waals surface area contributed by atoms with Crippen LogP contribution < -0.4 is 14.2 Å². The quantitative estimate of drug-likeness (QED) is 0.267. The Kier molecular flexibility index (Phi) is 9.36. The van der Waals surface area contributed by atoms with Crippen LogP contribution in [-0.4, -0.2) is 73.1 Å². The average Bonchev–Trinajstić information content (AvgIpc) is 3.15. The molecule has 1 N–H and O–H groups in total. The molecule has 8 nitrogen and oxygen atoms in total. The Morgan fingerprint density at radius 1 is 0.944 bits per heavy atom. The van der Waals surface area contributed by atoms with Crippen molar-refractivity contribution in [3.63, 3.8) is 0 Å². The maximum atomic E-state index is 13.3. The maximum Gasteiger partial charge on any atom is 0.295 e. The number of carbonyl (C=O) groups is 2. The lowest BCUT2D eigenvalue weighted by atomic mass is 9.95. The lowest BCUT2D eigenvalue weighted by Crippen LogP contribution is -2.38.